The Morgan fingerprint density at radius 2 is 1.86 bits per heavy atom. The summed E-state index contributed by atoms with van der Waals surface area (Å²) in [4.78, 5) is 10.5. The fraction of sp³-hybridized carbons (Fsp3) is 0.769. The highest BCUT2D eigenvalue weighted by molar-refractivity contribution is 5.71. The van der Waals surface area contributed by atoms with E-state index in [0.29, 0.717) is 11.8 Å². The molecule has 0 amide bonds. The van der Waals surface area contributed by atoms with Gasteiger partial charge >= 0.3 is 0 Å². The number of carbonyl (C=O) groups excluding carboxylic acids is 1. The molecule has 1 heteroatoms. The molecule has 0 aromatic rings. The molecule has 0 fully saturated rings. The highest BCUT2D eigenvalue weighted by atomic mass is 16.1. The van der Waals surface area contributed by atoms with Gasteiger partial charge in [0.1, 0.15) is 6.29 Å². The Labute approximate surface area is 88.6 Å². The second kappa shape index (κ2) is 6.80. The normalized spacial score (nSPS) is 16.9. The molecular weight excluding hydrogens is 172 g/mol. The van der Waals surface area contributed by atoms with Crippen molar-refractivity contribution in [3.63, 3.8) is 0 Å². The molecule has 1 nitrogen and oxygen atoms in total. The summed E-state index contributed by atoms with van der Waals surface area (Å²) in [6.07, 6.45) is 5.27. The molecule has 0 spiro atoms. The van der Waals surface area contributed by atoms with Crippen LogP contribution in [0.3, 0.4) is 0 Å². The van der Waals surface area contributed by atoms with Gasteiger partial charge in [-0.2, -0.15) is 0 Å². The molecule has 0 rings (SSSR count). The van der Waals surface area contributed by atoms with Gasteiger partial charge in [-0.25, -0.2) is 0 Å². The highest BCUT2D eigenvalue weighted by Crippen LogP contribution is 2.27. The maximum Gasteiger partial charge on any atom is 0.145 e. The second-order valence-corrected chi connectivity index (χ2v) is 4.60. The van der Waals surface area contributed by atoms with E-state index in [1.54, 1.807) is 0 Å². The summed E-state index contributed by atoms with van der Waals surface area (Å²) in [5, 5.41) is 0. The summed E-state index contributed by atoms with van der Waals surface area (Å²) < 4.78 is 0. The van der Waals surface area contributed by atoms with Crippen molar-refractivity contribution in [3.8, 4) is 0 Å². The molecule has 0 aromatic carbocycles. The quantitative estimate of drug-likeness (QED) is 0.466. The molecule has 0 bridgehead atoms. The maximum atomic E-state index is 10.5. The minimum Gasteiger partial charge on any atom is -0.298 e. The van der Waals surface area contributed by atoms with Gasteiger partial charge in [-0.05, 0) is 36.7 Å². The molecular formula is C13H24O. The standard InChI is InChI=1S/C13H24O/c1-6-12(5)13(10(2)3)8-7-11(4)9-14/h7,9-10,12-13H,6,8H2,1-5H3/b11-7+. The van der Waals surface area contributed by atoms with Crippen LogP contribution in [0.25, 0.3) is 0 Å². The van der Waals surface area contributed by atoms with E-state index in [9.17, 15) is 4.79 Å². The van der Waals surface area contributed by atoms with Crippen molar-refractivity contribution in [1.29, 1.82) is 0 Å². The number of rotatable bonds is 6. The fourth-order valence-electron chi connectivity index (χ4n) is 1.83. The van der Waals surface area contributed by atoms with Gasteiger partial charge in [-0.3, -0.25) is 4.79 Å². The average molecular weight is 196 g/mol. The molecule has 0 heterocycles. The molecule has 82 valence electrons. The molecule has 0 saturated heterocycles. The van der Waals surface area contributed by atoms with E-state index in [1.807, 2.05) is 6.92 Å². The van der Waals surface area contributed by atoms with E-state index in [-0.39, 0.29) is 0 Å². The van der Waals surface area contributed by atoms with Crippen LogP contribution < -0.4 is 0 Å². The zero-order chi connectivity index (χ0) is 11.1. The van der Waals surface area contributed by atoms with Crippen LogP contribution >= 0.6 is 0 Å². The lowest BCUT2D eigenvalue weighted by Crippen LogP contribution is -2.16. The van der Waals surface area contributed by atoms with Crippen molar-refractivity contribution in [1.82, 2.24) is 0 Å². The van der Waals surface area contributed by atoms with Gasteiger partial charge in [0.2, 0.25) is 0 Å². The van der Waals surface area contributed by atoms with E-state index in [1.165, 1.54) is 6.42 Å². The monoisotopic (exact) mass is 196 g/mol. The molecule has 0 aliphatic heterocycles. The SMILES string of the molecule is CCC(C)C(C/C=C(\C)C=O)C(C)C. The predicted molar refractivity (Wildman–Crippen MR) is 62.2 cm³/mol. The second-order valence-electron chi connectivity index (χ2n) is 4.60. The topological polar surface area (TPSA) is 17.1 Å². The minimum atomic E-state index is 0.695. The van der Waals surface area contributed by atoms with Crippen molar-refractivity contribution < 1.29 is 4.79 Å². The largest absolute Gasteiger partial charge is 0.298 e. The summed E-state index contributed by atoms with van der Waals surface area (Å²) in [5.74, 6) is 2.14. The summed E-state index contributed by atoms with van der Waals surface area (Å²) in [6.45, 7) is 10.9. The Bertz CT molecular complexity index is 191. The molecule has 2 atom stereocenters. The first-order valence-electron chi connectivity index (χ1n) is 5.64. The smallest absolute Gasteiger partial charge is 0.145 e. The van der Waals surface area contributed by atoms with Crippen molar-refractivity contribution in [2.24, 2.45) is 17.8 Å². The van der Waals surface area contributed by atoms with Gasteiger partial charge in [-0.15, -0.1) is 0 Å². The first-order valence-corrected chi connectivity index (χ1v) is 5.64. The number of aldehydes is 1. The van der Waals surface area contributed by atoms with E-state index < -0.39 is 0 Å². The number of allylic oxidation sites excluding steroid dienone is 2. The van der Waals surface area contributed by atoms with Crippen LogP contribution in [0.4, 0.5) is 0 Å². The third kappa shape index (κ3) is 4.59. The lowest BCUT2D eigenvalue weighted by atomic mass is 9.80. The summed E-state index contributed by atoms with van der Waals surface area (Å²) in [6, 6.07) is 0. The Morgan fingerprint density at radius 3 is 2.21 bits per heavy atom. The van der Waals surface area contributed by atoms with E-state index in [0.717, 1.165) is 24.2 Å². The zero-order valence-electron chi connectivity index (χ0n) is 10.2. The molecule has 2 unspecified atom stereocenters. The lowest BCUT2D eigenvalue weighted by Gasteiger charge is -2.25. The molecule has 0 N–H and O–H groups in total. The Hall–Kier alpha value is -0.590. The summed E-state index contributed by atoms with van der Waals surface area (Å²) in [5.41, 5.74) is 0.860. The van der Waals surface area contributed by atoms with E-state index >= 15 is 0 Å². The van der Waals surface area contributed by atoms with Gasteiger partial charge in [0, 0.05) is 0 Å². The summed E-state index contributed by atoms with van der Waals surface area (Å²) >= 11 is 0. The number of hydrogen-bond donors (Lipinski definition) is 0. The van der Waals surface area contributed by atoms with Crippen LogP contribution in [0.15, 0.2) is 11.6 Å². The van der Waals surface area contributed by atoms with Crippen molar-refractivity contribution in [2.45, 2.75) is 47.5 Å². The third-order valence-electron chi connectivity index (χ3n) is 3.13. The average Bonchev–Trinajstić information content (AvgIpc) is 2.16. The molecule has 14 heavy (non-hydrogen) atoms. The van der Waals surface area contributed by atoms with Crippen LogP contribution in [-0.4, -0.2) is 6.29 Å². The van der Waals surface area contributed by atoms with Gasteiger partial charge < -0.3 is 0 Å². The Kier molecular flexibility index (Phi) is 6.52. The molecule has 0 aromatic heterocycles. The van der Waals surface area contributed by atoms with E-state index in [4.69, 9.17) is 0 Å². The van der Waals surface area contributed by atoms with Gasteiger partial charge in [0.15, 0.2) is 0 Å². The molecule has 0 aliphatic carbocycles. The van der Waals surface area contributed by atoms with E-state index in [2.05, 4.69) is 33.8 Å². The molecule has 0 saturated carbocycles. The molecule has 0 radical (unpaired) electrons. The third-order valence-corrected chi connectivity index (χ3v) is 3.13. The maximum absolute atomic E-state index is 10.5. The number of carbonyl (C=O) groups is 1. The number of hydrogen-bond acceptors (Lipinski definition) is 1. The Balaban J connectivity index is 4.31. The minimum absolute atomic E-state index is 0.695. The summed E-state index contributed by atoms with van der Waals surface area (Å²) in [7, 11) is 0. The Morgan fingerprint density at radius 1 is 1.29 bits per heavy atom. The van der Waals surface area contributed by atoms with Gasteiger partial charge in [-0.1, -0.05) is 40.2 Å². The predicted octanol–water partition coefficient (Wildman–Crippen LogP) is 3.84. The van der Waals surface area contributed by atoms with Crippen molar-refractivity contribution in [3.05, 3.63) is 11.6 Å². The lowest BCUT2D eigenvalue weighted by molar-refractivity contribution is -0.104. The van der Waals surface area contributed by atoms with Crippen LogP contribution in [0.2, 0.25) is 0 Å². The van der Waals surface area contributed by atoms with Crippen molar-refractivity contribution in [2.75, 3.05) is 0 Å². The van der Waals surface area contributed by atoms with Crippen LogP contribution in [0.5, 0.6) is 0 Å². The highest BCUT2D eigenvalue weighted by Gasteiger charge is 2.17. The molecule has 0 aliphatic rings. The van der Waals surface area contributed by atoms with Crippen LogP contribution in [-0.2, 0) is 4.79 Å². The van der Waals surface area contributed by atoms with Gasteiger partial charge in [0.05, 0.1) is 0 Å². The fourth-order valence-corrected chi connectivity index (χ4v) is 1.83. The first kappa shape index (κ1) is 13.4. The zero-order valence-corrected chi connectivity index (χ0v) is 10.2. The first-order chi connectivity index (χ1) is 6.52. The van der Waals surface area contributed by atoms with Gasteiger partial charge in [0.25, 0.3) is 0 Å². The van der Waals surface area contributed by atoms with Crippen LogP contribution in [0, 0.1) is 17.8 Å². The van der Waals surface area contributed by atoms with Crippen LogP contribution in [0.1, 0.15) is 47.5 Å². The van der Waals surface area contributed by atoms with Crippen molar-refractivity contribution >= 4 is 6.29 Å².